The van der Waals surface area contributed by atoms with Gasteiger partial charge < -0.3 is 48.3 Å². The molecule has 0 radical (unpaired) electrons. The summed E-state index contributed by atoms with van der Waals surface area (Å²) in [7, 11) is 12.9. The number of hydrogen-bond acceptors (Lipinski definition) is 12. The molecule has 0 aliphatic carbocycles. The van der Waals surface area contributed by atoms with E-state index in [0.29, 0.717) is 11.6 Å². The van der Waals surface area contributed by atoms with Gasteiger partial charge in [-0.3, -0.25) is 0 Å². The molecule has 0 unspecified atom stereocenters. The quantitative estimate of drug-likeness (QED) is 0.159. The highest BCUT2D eigenvalue weighted by atomic mass is 15.4. The van der Waals surface area contributed by atoms with Crippen LogP contribution in [0.4, 0.5) is 114 Å². The molecular weight excluding hydrogens is 1060 g/mol. The predicted octanol–water partition coefficient (Wildman–Crippen LogP) is 17.8. The Kier molecular flexibility index (Phi) is 10.6. The number of aryl methyl sites for hydroxylation is 2. The Morgan fingerprint density at radius 1 is 0.233 bits per heavy atom. The number of hydrogen-bond donors (Lipinski definition) is 0. The first-order chi connectivity index (χ1) is 42.3. The fourth-order valence-electron chi connectivity index (χ4n) is 14.0. The fraction of sp³-hybridized carbons (Fsp3) is 0.0833. The van der Waals surface area contributed by atoms with Crippen LogP contribution in [0.2, 0.25) is 0 Å². The van der Waals surface area contributed by atoms with Crippen molar-refractivity contribution in [3.63, 3.8) is 0 Å². The number of fused-ring (bicyclic) bond motifs is 10. The normalized spacial score (nSPS) is 13.7. The van der Waals surface area contributed by atoms with Crippen molar-refractivity contribution in [3.05, 3.63) is 231 Å². The molecule has 0 amide bonds. The highest BCUT2D eigenvalue weighted by molar-refractivity contribution is 6.23. The molecule has 414 valence electrons. The number of anilines is 20. The molecular formula is C72H56N14. The second-order valence-corrected chi connectivity index (χ2v) is 22.3. The van der Waals surface area contributed by atoms with Gasteiger partial charge in [-0.05, 0) is 121 Å². The number of benzene rings is 9. The molecule has 13 aromatic rings. The molecule has 14 heteroatoms. The first-order valence-electron chi connectivity index (χ1n) is 28.9. The van der Waals surface area contributed by atoms with Gasteiger partial charge in [-0.25, -0.2) is 19.9 Å². The van der Waals surface area contributed by atoms with Gasteiger partial charge in [0.15, 0.2) is 11.3 Å². The van der Waals surface area contributed by atoms with Crippen LogP contribution in [0.15, 0.2) is 231 Å². The Labute approximate surface area is 497 Å². The summed E-state index contributed by atoms with van der Waals surface area (Å²) >= 11 is 0. The van der Waals surface area contributed by atoms with Crippen molar-refractivity contribution in [1.82, 2.24) is 29.1 Å². The van der Waals surface area contributed by atoms with E-state index in [0.717, 1.165) is 147 Å². The minimum absolute atomic E-state index is 0.692. The van der Waals surface area contributed by atoms with Crippen LogP contribution in [0.5, 0.6) is 0 Å². The molecule has 14 nitrogen and oxygen atoms in total. The zero-order chi connectivity index (χ0) is 57.6. The van der Waals surface area contributed by atoms with Gasteiger partial charge in [-0.15, -0.1) is 0 Å². The first kappa shape index (κ1) is 49.2. The van der Waals surface area contributed by atoms with Gasteiger partial charge in [-0.1, -0.05) is 97.1 Å². The molecule has 8 heterocycles. The topological polar surface area (TPSA) is 87.3 Å². The van der Waals surface area contributed by atoms with Crippen LogP contribution < -0.4 is 39.2 Å². The Balaban J connectivity index is 1.23. The minimum atomic E-state index is 0.692. The van der Waals surface area contributed by atoms with Crippen molar-refractivity contribution in [2.45, 2.75) is 0 Å². The maximum Gasteiger partial charge on any atom is 0.160 e. The number of aromatic nitrogens is 6. The van der Waals surface area contributed by atoms with E-state index < -0.39 is 0 Å². The zero-order valence-corrected chi connectivity index (χ0v) is 48.2. The highest BCUT2D eigenvalue weighted by Crippen LogP contribution is 2.70. The molecule has 0 spiro atoms. The van der Waals surface area contributed by atoms with Crippen molar-refractivity contribution < 1.29 is 0 Å². The van der Waals surface area contributed by atoms with Crippen molar-refractivity contribution >= 4 is 136 Å². The van der Waals surface area contributed by atoms with E-state index in [2.05, 4.69) is 297 Å². The molecule has 0 N–H and O–H groups in total. The Morgan fingerprint density at radius 2 is 0.442 bits per heavy atom. The second-order valence-electron chi connectivity index (χ2n) is 22.3. The molecule has 4 aromatic heterocycles. The molecule has 0 saturated carbocycles. The predicted molar refractivity (Wildman–Crippen MR) is 352 cm³/mol. The average Bonchev–Trinajstić information content (AvgIpc) is 0.941. The number of rotatable bonds is 6. The van der Waals surface area contributed by atoms with Crippen molar-refractivity contribution in [3.8, 4) is 22.8 Å². The molecule has 4 aliphatic rings. The Hall–Kier alpha value is -11.4. The Morgan fingerprint density at radius 3 is 0.663 bits per heavy atom. The van der Waals surface area contributed by atoms with Gasteiger partial charge in [0.25, 0.3) is 0 Å². The van der Waals surface area contributed by atoms with Gasteiger partial charge in [0.05, 0.1) is 125 Å². The average molecular weight is 1120 g/mol. The van der Waals surface area contributed by atoms with Crippen molar-refractivity contribution in [2.24, 2.45) is 14.1 Å². The van der Waals surface area contributed by atoms with E-state index in [1.54, 1.807) is 0 Å². The second kappa shape index (κ2) is 18.6. The van der Waals surface area contributed by atoms with Crippen LogP contribution in [0.3, 0.4) is 0 Å². The minimum Gasteiger partial charge on any atom is -0.341 e. The monoisotopic (exact) mass is 1120 g/mol. The van der Waals surface area contributed by atoms with Crippen LogP contribution in [0.25, 0.3) is 45.1 Å². The molecule has 0 fully saturated rings. The lowest BCUT2D eigenvalue weighted by atomic mass is 9.90. The van der Waals surface area contributed by atoms with E-state index in [-0.39, 0.29) is 0 Å². The van der Waals surface area contributed by atoms with E-state index in [4.69, 9.17) is 19.9 Å². The third-order valence-corrected chi connectivity index (χ3v) is 17.9. The smallest absolute Gasteiger partial charge is 0.160 e. The van der Waals surface area contributed by atoms with Gasteiger partial charge >= 0.3 is 0 Å². The van der Waals surface area contributed by atoms with Crippen LogP contribution in [0.1, 0.15) is 0 Å². The van der Waals surface area contributed by atoms with Gasteiger partial charge in [0.1, 0.15) is 22.7 Å². The summed E-state index contributed by atoms with van der Waals surface area (Å²) < 4.78 is 4.36. The molecule has 4 aliphatic heterocycles. The lowest BCUT2D eigenvalue weighted by Crippen LogP contribution is -2.32. The van der Waals surface area contributed by atoms with E-state index >= 15 is 0 Å². The van der Waals surface area contributed by atoms with Crippen LogP contribution in [-0.4, -0.2) is 57.3 Å². The van der Waals surface area contributed by atoms with Crippen LogP contribution in [-0.2, 0) is 14.1 Å². The standard InChI is InChI=1S/C72H56N14/c1-77-47-27-7-15-35-55(47)83(56-36-16-8-28-48(56)77)65-63(71-75-45-25-23-43-73-69(45)81(71)5)64(72-76-46-26-24-44-74-70(46)82(72)6)66(84-57-37-17-9-29-49(57)78(2)50-30-10-18-38-58(50)84)68(86-61-41-21-13-33-53(61)80(4)54-34-14-22-42-62(54)86)67(65)85-59-39-19-11-31-51(59)79(3)52-32-12-20-40-60(52)85/h7-44H,1-6H3. The van der Waals surface area contributed by atoms with Gasteiger partial charge in [0.2, 0.25) is 0 Å². The van der Waals surface area contributed by atoms with E-state index in [1.807, 2.05) is 24.5 Å². The highest BCUT2D eigenvalue weighted by Gasteiger charge is 2.47. The van der Waals surface area contributed by atoms with Crippen molar-refractivity contribution in [1.29, 1.82) is 0 Å². The maximum atomic E-state index is 5.87. The van der Waals surface area contributed by atoms with Crippen molar-refractivity contribution in [2.75, 3.05) is 67.4 Å². The van der Waals surface area contributed by atoms with Gasteiger partial charge in [-0.2, -0.15) is 0 Å². The summed E-state index contributed by atoms with van der Waals surface area (Å²) in [5.74, 6) is 1.38. The van der Waals surface area contributed by atoms with E-state index in [1.165, 1.54) is 0 Å². The SMILES string of the molecule is CN1c2ccccc2N(c2c(-c3nc4cccnc4n3C)c(-c3nc4cccnc4n3C)c(N3c4ccccc4N(C)c4ccccc43)c(N3c4ccccc4N(C)c4ccccc43)c2N2c3ccccc3N(C)c3ccccc32)c2ccccc21. The number of imidazole rings is 2. The summed E-state index contributed by atoms with van der Waals surface area (Å²) in [6.07, 6.45) is 3.72. The van der Waals surface area contributed by atoms with E-state index in [9.17, 15) is 0 Å². The third-order valence-electron chi connectivity index (χ3n) is 17.9. The van der Waals surface area contributed by atoms with Crippen LogP contribution in [0, 0.1) is 0 Å². The van der Waals surface area contributed by atoms with Gasteiger partial charge in [0, 0.05) is 54.7 Å². The number of nitrogens with zero attached hydrogens (tertiary/aromatic N) is 14. The summed E-state index contributed by atoms with van der Waals surface area (Å²) in [6, 6.07) is 78.6. The Bertz CT molecular complexity index is 4470. The summed E-state index contributed by atoms with van der Waals surface area (Å²) in [6.45, 7) is 0. The molecule has 17 rings (SSSR count). The molecule has 86 heavy (non-hydrogen) atoms. The van der Waals surface area contributed by atoms with Crippen LogP contribution >= 0.6 is 0 Å². The molecule has 0 bridgehead atoms. The molecule has 0 saturated heterocycles. The zero-order valence-electron chi connectivity index (χ0n) is 48.2. The first-order valence-corrected chi connectivity index (χ1v) is 28.9. The maximum absolute atomic E-state index is 5.87. The third kappa shape index (κ3) is 6.77. The lowest BCUT2D eigenvalue weighted by molar-refractivity contribution is 0.929. The fourth-order valence-corrected chi connectivity index (χ4v) is 14.0. The summed E-state index contributed by atoms with van der Waals surface area (Å²) in [5, 5.41) is 0. The molecule has 0 atom stereocenters. The molecule has 9 aromatic carbocycles. The lowest BCUT2D eigenvalue weighted by Gasteiger charge is -2.48. The summed E-state index contributed by atoms with van der Waals surface area (Å²) in [5.41, 5.74) is 24.3. The number of para-hydroxylation sites is 16. The number of pyridine rings is 2. The largest absolute Gasteiger partial charge is 0.341 e. The summed E-state index contributed by atoms with van der Waals surface area (Å²) in [4.78, 5) is 41.4.